The van der Waals surface area contributed by atoms with Gasteiger partial charge in [-0.2, -0.15) is 8.75 Å². The molecule has 0 aliphatic rings. The molecule has 0 aliphatic heterocycles. The number of hydrogen-bond acceptors (Lipinski definition) is 6. The van der Waals surface area contributed by atoms with E-state index in [-0.39, 0.29) is 10.6 Å². The summed E-state index contributed by atoms with van der Waals surface area (Å²) >= 11 is 6.87. The molecule has 2 rings (SSSR count). The Balaban J connectivity index is 2.83. The number of fused-ring (bicyclic) bond motifs is 1. The van der Waals surface area contributed by atoms with Crippen LogP contribution in [0.2, 0.25) is 5.02 Å². The van der Waals surface area contributed by atoms with Crippen molar-refractivity contribution in [3.8, 4) is 0 Å². The van der Waals surface area contributed by atoms with Crippen LogP contribution in [0.25, 0.3) is 11.0 Å². The van der Waals surface area contributed by atoms with Crippen LogP contribution in [-0.4, -0.2) is 13.9 Å². The molecule has 0 amide bonds. The molecule has 74 valence electrons. The zero-order valence-corrected chi connectivity index (χ0v) is 8.51. The summed E-state index contributed by atoms with van der Waals surface area (Å²) in [4.78, 5) is 0. The van der Waals surface area contributed by atoms with Gasteiger partial charge in [-0.05, 0) is 12.1 Å². The van der Waals surface area contributed by atoms with Crippen molar-refractivity contribution in [2.24, 2.45) is 11.5 Å². The molecular weight excluding hydrogens is 224 g/mol. The molecule has 0 aliphatic carbocycles. The molecule has 1 aromatic carbocycles. The predicted octanol–water partition coefficient (Wildman–Crippen LogP) is 0.365. The summed E-state index contributed by atoms with van der Waals surface area (Å²) in [5.41, 5.74) is 12.0. The van der Waals surface area contributed by atoms with Gasteiger partial charge in [-0.15, -0.1) is 0 Å². The molecule has 1 aromatic heterocycles. The van der Waals surface area contributed by atoms with E-state index in [0.29, 0.717) is 11.0 Å². The van der Waals surface area contributed by atoms with Crippen molar-refractivity contribution in [3.63, 3.8) is 0 Å². The third kappa shape index (κ3) is 1.47. The Labute approximate surface area is 88.6 Å². The quantitative estimate of drug-likeness (QED) is 0.615. The maximum Gasteiger partial charge on any atom is 0.198 e. The maximum atomic E-state index is 9.49. The first-order valence-corrected chi connectivity index (χ1v) is 4.82. The number of benzene rings is 1. The van der Waals surface area contributed by atoms with Crippen molar-refractivity contribution >= 4 is 34.4 Å². The summed E-state index contributed by atoms with van der Waals surface area (Å²) in [6.45, 7) is 0. The second kappa shape index (κ2) is 3.11. The molecule has 2 aromatic rings. The van der Waals surface area contributed by atoms with Crippen LogP contribution in [0.1, 0.15) is 5.56 Å². The lowest BCUT2D eigenvalue weighted by Gasteiger charge is -2.18. The lowest BCUT2D eigenvalue weighted by atomic mass is 10.1. The largest absolute Gasteiger partial charge is 0.359 e. The van der Waals surface area contributed by atoms with E-state index >= 15 is 0 Å². The lowest BCUT2D eigenvalue weighted by Crippen LogP contribution is -2.46. The van der Waals surface area contributed by atoms with E-state index in [9.17, 15) is 5.11 Å². The number of nitrogens with two attached hydrogens (primary N) is 2. The second-order valence-corrected chi connectivity index (χ2v) is 3.82. The fourth-order valence-corrected chi connectivity index (χ4v) is 2.05. The van der Waals surface area contributed by atoms with Crippen LogP contribution < -0.4 is 11.5 Å². The Bertz CT molecular complexity index is 478. The Hall–Kier alpha value is -0.790. The third-order valence-electron chi connectivity index (χ3n) is 1.78. The number of hydrogen-bond donors (Lipinski definition) is 3. The standard InChI is InChI=1S/C7H7ClN4OS/c8-3-1-2-4-6(12-14-11-4)5(3)7(9,10)13/h1-2,13H,9-10H2. The summed E-state index contributed by atoms with van der Waals surface area (Å²) in [5.74, 6) is -1.99. The van der Waals surface area contributed by atoms with E-state index in [0.717, 1.165) is 11.7 Å². The highest BCUT2D eigenvalue weighted by atomic mass is 35.5. The molecule has 14 heavy (non-hydrogen) atoms. The van der Waals surface area contributed by atoms with Crippen LogP contribution in [0.5, 0.6) is 0 Å². The van der Waals surface area contributed by atoms with Crippen LogP contribution in [0.3, 0.4) is 0 Å². The minimum Gasteiger partial charge on any atom is -0.359 e. The average Bonchev–Trinajstić information content (AvgIpc) is 2.48. The zero-order valence-electron chi connectivity index (χ0n) is 6.94. The van der Waals surface area contributed by atoms with E-state index < -0.39 is 5.85 Å². The fourth-order valence-electron chi connectivity index (χ4n) is 1.21. The molecule has 0 saturated carbocycles. The Morgan fingerprint density at radius 2 is 2.07 bits per heavy atom. The molecule has 1 heterocycles. The summed E-state index contributed by atoms with van der Waals surface area (Å²) in [6, 6.07) is 3.27. The molecule has 0 bridgehead atoms. The number of nitrogens with zero attached hydrogens (tertiary/aromatic N) is 2. The van der Waals surface area contributed by atoms with Crippen molar-refractivity contribution in [2.45, 2.75) is 5.85 Å². The molecule has 0 radical (unpaired) electrons. The number of aliphatic hydroxyl groups is 1. The Kier molecular flexibility index (Phi) is 2.17. The van der Waals surface area contributed by atoms with Gasteiger partial charge in [0.15, 0.2) is 5.85 Å². The molecular formula is C7H7ClN4OS. The van der Waals surface area contributed by atoms with Crippen LogP contribution in [0, 0.1) is 0 Å². The van der Waals surface area contributed by atoms with Crippen molar-refractivity contribution in [2.75, 3.05) is 0 Å². The minimum atomic E-state index is -1.99. The maximum absolute atomic E-state index is 9.49. The monoisotopic (exact) mass is 230 g/mol. The van der Waals surface area contributed by atoms with Gasteiger partial charge in [0.2, 0.25) is 0 Å². The molecule has 0 saturated heterocycles. The van der Waals surface area contributed by atoms with Crippen LogP contribution in [0.4, 0.5) is 0 Å². The van der Waals surface area contributed by atoms with Gasteiger partial charge in [0.25, 0.3) is 0 Å². The lowest BCUT2D eigenvalue weighted by molar-refractivity contribution is 0.0524. The highest BCUT2D eigenvalue weighted by molar-refractivity contribution is 7.00. The molecule has 0 fully saturated rings. The summed E-state index contributed by atoms with van der Waals surface area (Å²) in [5, 5.41) is 9.77. The second-order valence-electron chi connectivity index (χ2n) is 2.88. The SMILES string of the molecule is NC(N)(O)c1c(Cl)ccc2nsnc12. The topological polar surface area (TPSA) is 98.0 Å². The third-order valence-corrected chi connectivity index (χ3v) is 2.64. The van der Waals surface area contributed by atoms with Gasteiger partial charge in [-0.25, -0.2) is 0 Å². The first-order chi connectivity index (χ1) is 6.50. The van der Waals surface area contributed by atoms with Gasteiger partial charge in [0, 0.05) is 0 Å². The van der Waals surface area contributed by atoms with Crippen molar-refractivity contribution in [1.29, 1.82) is 0 Å². The highest BCUT2D eigenvalue weighted by Crippen LogP contribution is 2.28. The average molecular weight is 231 g/mol. The summed E-state index contributed by atoms with van der Waals surface area (Å²) < 4.78 is 7.96. The minimum absolute atomic E-state index is 0.199. The Morgan fingerprint density at radius 3 is 2.71 bits per heavy atom. The van der Waals surface area contributed by atoms with E-state index in [1.807, 2.05) is 0 Å². The summed E-state index contributed by atoms with van der Waals surface area (Å²) in [7, 11) is 0. The van der Waals surface area contributed by atoms with Crippen molar-refractivity contribution in [3.05, 3.63) is 22.7 Å². The highest BCUT2D eigenvalue weighted by Gasteiger charge is 2.25. The molecule has 0 spiro atoms. The Morgan fingerprint density at radius 1 is 1.36 bits per heavy atom. The number of aromatic nitrogens is 2. The molecule has 5 N–H and O–H groups in total. The van der Waals surface area contributed by atoms with Crippen molar-refractivity contribution in [1.82, 2.24) is 8.75 Å². The van der Waals surface area contributed by atoms with Gasteiger partial charge in [-0.3, -0.25) is 11.5 Å². The van der Waals surface area contributed by atoms with Gasteiger partial charge in [0.05, 0.1) is 22.3 Å². The first kappa shape index (κ1) is 9.75. The van der Waals surface area contributed by atoms with Crippen LogP contribution in [0.15, 0.2) is 12.1 Å². The van der Waals surface area contributed by atoms with E-state index in [4.69, 9.17) is 23.1 Å². The molecule has 0 atom stereocenters. The molecule has 7 heteroatoms. The smallest absolute Gasteiger partial charge is 0.198 e. The summed E-state index contributed by atoms with van der Waals surface area (Å²) in [6.07, 6.45) is 0. The fraction of sp³-hybridized carbons (Fsp3) is 0.143. The van der Waals surface area contributed by atoms with E-state index in [1.54, 1.807) is 12.1 Å². The van der Waals surface area contributed by atoms with Crippen LogP contribution >= 0.6 is 23.3 Å². The van der Waals surface area contributed by atoms with Crippen molar-refractivity contribution < 1.29 is 5.11 Å². The van der Waals surface area contributed by atoms with Gasteiger partial charge in [0.1, 0.15) is 11.0 Å². The first-order valence-electron chi connectivity index (χ1n) is 3.71. The van der Waals surface area contributed by atoms with Gasteiger partial charge < -0.3 is 5.11 Å². The zero-order chi connectivity index (χ0) is 10.3. The van der Waals surface area contributed by atoms with E-state index in [1.165, 1.54) is 0 Å². The normalized spacial score (nSPS) is 12.3. The number of rotatable bonds is 1. The molecule has 0 unspecified atom stereocenters. The van der Waals surface area contributed by atoms with Gasteiger partial charge in [-0.1, -0.05) is 11.6 Å². The predicted molar refractivity (Wildman–Crippen MR) is 54.7 cm³/mol. The number of halogens is 1. The van der Waals surface area contributed by atoms with E-state index in [2.05, 4.69) is 8.75 Å². The molecule has 5 nitrogen and oxygen atoms in total. The van der Waals surface area contributed by atoms with Gasteiger partial charge >= 0.3 is 0 Å². The van der Waals surface area contributed by atoms with Crippen LogP contribution in [-0.2, 0) is 5.85 Å².